The normalized spacial score (nSPS) is 12.8. The number of rotatable bonds is 6. The van der Waals surface area contributed by atoms with Crippen LogP contribution in [0.5, 0.6) is 5.75 Å². The minimum Gasteiger partial charge on any atom is -0.494 e. The highest BCUT2D eigenvalue weighted by atomic mass is 16.5. The van der Waals surface area contributed by atoms with E-state index in [1.54, 1.807) is 0 Å². The van der Waals surface area contributed by atoms with Gasteiger partial charge in [0, 0.05) is 6.04 Å². The van der Waals surface area contributed by atoms with Crippen LogP contribution in [0.3, 0.4) is 0 Å². The van der Waals surface area contributed by atoms with Gasteiger partial charge in [-0.15, -0.1) is 0 Å². The Bertz CT molecular complexity index is 347. The summed E-state index contributed by atoms with van der Waals surface area (Å²) in [4.78, 5) is 0. The third-order valence-electron chi connectivity index (χ3n) is 3.17. The van der Waals surface area contributed by atoms with E-state index in [2.05, 4.69) is 44.3 Å². The first-order valence-corrected chi connectivity index (χ1v) is 6.48. The van der Waals surface area contributed by atoms with E-state index in [0.29, 0.717) is 12.0 Å². The summed E-state index contributed by atoms with van der Waals surface area (Å²) < 4.78 is 5.55. The van der Waals surface area contributed by atoms with E-state index in [0.717, 1.165) is 18.8 Å². The summed E-state index contributed by atoms with van der Waals surface area (Å²) in [5.41, 5.74) is 2.60. The molecule has 0 amide bonds. The second-order valence-corrected chi connectivity index (χ2v) is 4.88. The number of likely N-dealkylation sites (N-methyl/N-ethyl adjacent to an activating group) is 1. The van der Waals surface area contributed by atoms with Crippen molar-refractivity contribution in [1.82, 2.24) is 5.32 Å². The van der Waals surface area contributed by atoms with Gasteiger partial charge in [0.05, 0.1) is 6.61 Å². The van der Waals surface area contributed by atoms with Crippen LogP contribution in [-0.4, -0.2) is 19.7 Å². The van der Waals surface area contributed by atoms with Crippen molar-refractivity contribution in [3.8, 4) is 5.75 Å². The fraction of sp³-hybridized carbons (Fsp3) is 0.600. The van der Waals surface area contributed by atoms with Crippen molar-refractivity contribution in [2.24, 2.45) is 5.92 Å². The van der Waals surface area contributed by atoms with Gasteiger partial charge in [-0.1, -0.05) is 26.0 Å². The van der Waals surface area contributed by atoms with Gasteiger partial charge in [-0.3, -0.25) is 0 Å². The molecule has 1 atom stereocenters. The van der Waals surface area contributed by atoms with E-state index in [1.165, 1.54) is 11.1 Å². The SMILES string of the molecule is CCOc1ccc(CC(NC)C(C)C)cc1C. The summed E-state index contributed by atoms with van der Waals surface area (Å²) in [6.45, 7) is 9.36. The van der Waals surface area contributed by atoms with Crippen LogP contribution in [0.4, 0.5) is 0 Å². The Morgan fingerprint density at radius 1 is 1.29 bits per heavy atom. The number of benzene rings is 1. The van der Waals surface area contributed by atoms with E-state index >= 15 is 0 Å². The lowest BCUT2D eigenvalue weighted by molar-refractivity contribution is 0.337. The van der Waals surface area contributed by atoms with E-state index in [-0.39, 0.29) is 0 Å². The highest BCUT2D eigenvalue weighted by molar-refractivity contribution is 5.36. The maximum Gasteiger partial charge on any atom is 0.122 e. The molecule has 1 N–H and O–H groups in total. The molecule has 0 aliphatic heterocycles. The van der Waals surface area contributed by atoms with Crippen LogP contribution in [-0.2, 0) is 6.42 Å². The monoisotopic (exact) mass is 235 g/mol. The molecule has 17 heavy (non-hydrogen) atoms. The standard InChI is InChI=1S/C15H25NO/c1-6-17-15-8-7-13(9-12(15)4)10-14(16-5)11(2)3/h7-9,11,14,16H,6,10H2,1-5H3. The number of nitrogens with one attached hydrogen (secondary N) is 1. The summed E-state index contributed by atoms with van der Waals surface area (Å²) in [5.74, 6) is 1.65. The largest absolute Gasteiger partial charge is 0.494 e. The van der Waals surface area contributed by atoms with Crippen molar-refractivity contribution < 1.29 is 4.74 Å². The van der Waals surface area contributed by atoms with Crippen LogP contribution in [0.2, 0.25) is 0 Å². The Morgan fingerprint density at radius 3 is 2.47 bits per heavy atom. The lowest BCUT2D eigenvalue weighted by atomic mass is 9.95. The highest BCUT2D eigenvalue weighted by Crippen LogP contribution is 2.20. The topological polar surface area (TPSA) is 21.3 Å². The number of hydrogen-bond acceptors (Lipinski definition) is 2. The molecule has 0 fully saturated rings. The number of ether oxygens (including phenoxy) is 1. The molecule has 0 aromatic heterocycles. The molecule has 1 rings (SSSR count). The molecule has 1 aromatic carbocycles. The molecule has 0 aliphatic carbocycles. The lowest BCUT2D eigenvalue weighted by Crippen LogP contribution is -2.32. The van der Waals surface area contributed by atoms with Crippen molar-refractivity contribution in [3.63, 3.8) is 0 Å². The second-order valence-electron chi connectivity index (χ2n) is 4.88. The van der Waals surface area contributed by atoms with Gasteiger partial charge in [0.2, 0.25) is 0 Å². The van der Waals surface area contributed by atoms with Crippen molar-refractivity contribution >= 4 is 0 Å². The minimum absolute atomic E-state index is 0.535. The van der Waals surface area contributed by atoms with Gasteiger partial charge in [0.25, 0.3) is 0 Å². The molecule has 0 saturated heterocycles. The van der Waals surface area contributed by atoms with E-state index < -0.39 is 0 Å². The van der Waals surface area contributed by atoms with Crippen molar-refractivity contribution in [2.45, 2.75) is 40.2 Å². The highest BCUT2D eigenvalue weighted by Gasteiger charge is 2.12. The average Bonchev–Trinajstić information content (AvgIpc) is 2.29. The lowest BCUT2D eigenvalue weighted by Gasteiger charge is -2.20. The van der Waals surface area contributed by atoms with Crippen molar-refractivity contribution in [3.05, 3.63) is 29.3 Å². The first kappa shape index (κ1) is 14.0. The molecule has 0 bridgehead atoms. The first-order chi connectivity index (χ1) is 8.08. The number of hydrogen-bond donors (Lipinski definition) is 1. The molecular weight excluding hydrogens is 210 g/mol. The molecule has 1 aromatic rings. The average molecular weight is 235 g/mol. The van der Waals surface area contributed by atoms with Gasteiger partial charge >= 0.3 is 0 Å². The Kier molecular flexibility index (Phi) is 5.49. The summed E-state index contributed by atoms with van der Waals surface area (Å²) >= 11 is 0. The zero-order valence-electron chi connectivity index (χ0n) is 11.7. The molecule has 2 nitrogen and oxygen atoms in total. The van der Waals surface area contributed by atoms with Gasteiger partial charge in [-0.05, 0) is 50.4 Å². The Morgan fingerprint density at radius 2 is 2.00 bits per heavy atom. The van der Waals surface area contributed by atoms with Crippen molar-refractivity contribution in [1.29, 1.82) is 0 Å². The van der Waals surface area contributed by atoms with E-state index in [4.69, 9.17) is 4.74 Å². The summed E-state index contributed by atoms with van der Waals surface area (Å²) in [5, 5.41) is 3.38. The second kappa shape index (κ2) is 6.65. The first-order valence-electron chi connectivity index (χ1n) is 6.48. The minimum atomic E-state index is 0.535. The predicted molar refractivity (Wildman–Crippen MR) is 73.7 cm³/mol. The zero-order chi connectivity index (χ0) is 12.8. The van der Waals surface area contributed by atoms with Crippen LogP contribution in [0.25, 0.3) is 0 Å². The molecule has 1 unspecified atom stereocenters. The van der Waals surface area contributed by atoms with Crippen LogP contribution in [0.1, 0.15) is 31.9 Å². The smallest absolute Gasteiger partial charge is 0.122 e. The summed E-state index contributed by atoms with van der Waals surface area (Å²) in [6.07, 6.45) is 1.07. The molecule has 0 aliphatic rings. The Labute approximate surface area is 105 Å². The van der Waals surface area contributed by atoms with Crippen LogP contribution < -0.4 is 10.1 Å². The predicted octanol–water partition coefficient (Wildman–Crippen LogP) is 3.18. The van der Waals surface area contributed by atoms with E-state index in [9.17, 15) is 0 Å². The van der Waals surface area contributed by atoms with Gasteiger partial charge in [-0.25, -0.2) is 0 Å². The molecule has 0 radical (unpaired) electrons. The molecule has 0 saturated carbocycles. The van der Waals surface area contributed by atoms with Crippen LogP contribution in [0.15, 0.2) is 18.2 Å². The molecule has 2 heteroatoms. The third kappa shape index (κ3) is 4.04. The Hall–Kier alpha value is -1.02. The van der Waals surface area contributed by atoms with E-state index in [1.807, 2.05) is 14.0 Å². The van der Waals surface area contributed by atoms with Gasteiger partial charge in [-0.2, -0.15) is 0 Å². The quantitative estimate of drug-likeness (QED) is 0.817. The fourth-order valence-electron chi connectivity index (χ4n) is 2.08. The van der Waals surface area contributed by atoms with Crippen LogP contribution in [0, 0.1) is 12.8 Å². The fourth-order valence-corrected chi connectivity index (χ4v) is 2.08. The van der Waals surface area contributed by atoms with Crippen LogP contribution >= 0.6 is 0 Å². The molecule has 96 valence electrons. The molecular formula is C15H25NO. The zero-order valence-corrected chi connectivity index (χ0v) is 11.7. The third-order valence-corrected chi connectivity index (χ3v) is 3.17. The van der Waals surface area contributed by atoms with Gasteiger partial charge < -0.3 is 10.1 Å². The van der Waals surface area contributed by atoms with Crippen molar-refractivity contribution in [2.75, 3.05) is 13.7 Å². The molecule has 0 spiro atoms. The maximum atomic E-state index is 5.55. The summed E-state index contributed by atoms with van der Waals surface area (Å²) in [7, 11) is 2.03. The van der Waals surface area contributed by atoms with Gasteiger partial charge in [0.1, 0.15) is 5.75 Å². The molecule has 0 heterocycles. The van der Waals surface area contributed by atoms with Gasteiger partial charge in [0.15, 0.2) is 0 Å². The number of aryl methyl sites for hydroxylation is 1. The summed E-state index contributed by atoms with van der Waals surface area (Å²) in [6, 6.07) is 7.02. The Balaban J connectivity index is 2.76. The maximum absolute atomic E-state index is 5.55.